The number of halogens is 1. The van der Waals surface area contributed by atoms with Gasteiger partial charge in [-0.05, 0) is 12.1 Å². The molecule has 0 saturated carbocycles. The predicted octanol–water partition coefficient (Wildman–Crippen LogP) is 0.899. The van der Waals surface area contributed by atoms with E-state index in [1.807, 2.05) is 0 Å². The van der Waals surface area contributed by atoms with E-state index in [4.69, 9.17) is 12.2 Å². The smallest absolute Gasteiger partial charge is 0.238 e. The van der Waals surface area contributed by atoms with Gasteiger partial charge in [0.2, 0.25) is 5.91 Å². The van der Waals surface area contributed by atoms with Gasteiger partial charge >= 0.3 is 0 Å². The number of anilines is 1. The van der Waals surface area contributed by atoms with Crippen LogP contribution in [0, 0.1) is 18.2 Å². The average Bonchev–Trinajstić information content (AvgIpc) is 2.23. The molecule has 0 saturated heterocycles. The highest BCUT2D eigenvalue weighted by Crippen LogP contribution is 2.19. The third kappa shape index (κ3) is 2.79. The number of nitrogens with two attached hydrogens (primary N) is 1. The maximum absolute atomic E-state index is 13.3. The topological polar surface area (TPSA) is 55.1 Å². The maximum atomic E-state index is 13.3. The predicted molar refractivity (Wildman–Crippen MR) is 56.6 cm³/mol. The molecule has 0 aliphatic rings. The van der Waals surface area contributed by atoms with E-state index in [0.29, 0.717) is 11.3 Å². The van der Waals surface area contributed by atoms with Crippen molar-refractivity contribution >= 4 is 11.6 Å². The van der Waals surface area contributed by atoms with Crippen molar-refractivity contribution < 1.29 is 9.18 Å². The molecule has 0 bridgehead atoms. The Kier molecular flexibility index (Phi) is 3.83. The number of nitrogens with one attached hydrogen (secondary N) is 1. The summed E-state index contributed by atoms with van der Waals surface area (Å²) < 4.78 is 13.3. The first-order chi connectivity index (χ1) is 7.19. The Morgan fingerprint density at radius 2 is 2.33 bits per heavy atom. The van der Waals surface area contributed by atoms with Crippen molar-refractivity contribution in [1.82, 2.24) is 0 Å². The quantitative estimate of drug-likeness (QED) is 0.722. The summed E-state index contributed by atoms with van der Waals surface area (Å²) in [5, 5.41) is 2.49. The van der Waals surface area contributed by atoms with Gasteiger partial charge in [0.25, 0.3) is 0 Å². The van der Waals surface area contributed by atoms with Crippen LogP contribution < -0.4 is 11.1 Å². The number of benzene rings is 1. The van der Waals surface area contributed by atoms with Gasteiger partial charge in [-0.2, -0.15) is 0 Å². The van der Waals surface area contributed by atoms with Gasteiger partial charge in [0.1, 0.15) is 5.82 Å². The second-order valence-corrected chi connectivity index (χ2v) is 2.90. The Morgan fingerprint density at radius 3 is 2.93 bits per heavy atom. The molecule has 0 aliphatic carbocycles. The zero-order chi connectivity index (χ0) is 11.3. The molecule has 1 amide bonds. The summed E-state index contributed by atoms with van der Waals surface area (Å²) in [7, 11) is 0. The normalized spacial score (nSPS) is 9.40. The number of amides is 1. The van der Waals surface area contributed by atoms with E-state index in [1.54, 1.807) is 6.07 Å². The lowest BCUT2D eigenvalue weighted by Gasteiger charge is -2.09. The molecule has 78 valence electrons. The lowest BCUT2D eigenvalue weighted by molar-refractivity contribution is -0.114. The van der Waals surface area contributed by atoms with Crippen molar-refractivity contribution in [1.29, 1.82) is 0 Å². The van der Waals surface area contributed by atoms with Crippen LogP contribution in [0.25, 0.3) is 0 Å². The fourth-order valence-corrected chi connectivity index (χ4v) is 1.16. The zero-order valence-corrected chi connectivity index (χ0v) is 8.09. The lowest BCUT2D eigenvalue weighted by Crippen LogP contribution is -2.22. The molecule has 15 heavy (non-hydrogen) atoms. The number of rotatable bonds is 3. The Bertz CT molecular complexity index is 410. The monoisotopic (exact) mass is 206 g/mol. The number of hydrogen-bond donors (Lipinski definition) is 2. The molecule has 0 unspecified atom stereocenters. The SMILES string of the molecule is C#CCc1c(F)cccc1NC(=O)CN. The number of terminal acetylenes is 1. The van der Waals surface area contributed by atoms with Crippen LogP contribution in [0.5, 0.6) is 0 Å². The number of carbonyl (C=O) groups excluding carboxylic acids is 1. The Hall–Kier alpha value is -1.86. The molecule has 0 heterocycles. The third-order valence-corrected chi connectivity index (χ3v) is 1.86. The van der Waals surface area contributed by atoms with Crippen LogP contribution in [-0.4, -0.2) is 12.5 Å². The van der Waals surface area contributed by atoms with Crippen LogP contribution in [-0.2, 0) is 11.2 Å². The fourth-order valence-electron chi connectivity index (χ4n) is 1.16. The molecule has 0 atom stereocenters. The van der Waals surface area contributed by atoms with Crippen LogP contribution in [0.2, 0.25) is 0 Å². The van der Waals surface area contributed by atoms with Crippen molar-refractivity contribution in [2.24, 2.45) is 5.73 Å². The minimum absolute atomic E-state index is 0.132. The highest BCUT2D eigenvalue weighted by molar-refractivity contribution is 5.92. The molecule has 0 radical (unpaired) electrons. The molecule has 0 fully saturated rings. The van der Waals surface area contributed by atoms with Crippen LogP contribution >= 0.6 is 0 Å². The number of carbonyl (C=O) groups is 1. The summed E-state index contributed by atoms with van der Waals surface area (Å²) in [4.78, 5) is 11.0. The molecular weight excluding hydrogens is 195 g/mol. The highest BCUT2D eigenvalue weighted by Gasteiger charge is 2.08. The number of hydrogen-bond acceptors (Lipinski definition) is 2. The average molecular weight is 206 g/mol. The summed E-state index contributed by atoms with van der Waals surface area (Å²) in [5.41, 5.74) is 5.82. The maximum Gasteiger partial charge on any atom is 0.238 e. The van der Waals surface area contributed by atoms with Gasteiger partial charge in [0.15, 0.2) is 0 Å². The fraction of sp³-hybridized carbons (Fsp3) is 0.182. The van der Waals surface area contributed by atoms with Crippen molar-refractivity contribution in [3.63, 3.8) is 0 Å². The van der Waals surface area contributed by atoms with E-state index in [-0.39, 0.29) is 18.9 Å². The summed E-state index contributed by atoms with van der Waals surface area (Å²) >= 11 is 0. The second kappa shape index (κ2) is 5.13. The summed E-state index contributed by atoms with van der Waals surface area (Å²) in [6.45, 7) is -0.147. The van der Waals surface area contributed by atoms with Crippen LogP contribution in [0.3, 0.4) is 0 Å². The van der Waals surface area contributed by atoms with Gasteiger partial charge in [0.05, 0.1) is 6.54 Å². The molecular formula is C11H11FN2O. The van der Waals surface area contributed by atoms with E-state index in [0.717, 1.165) is 0 Å². The minimum atomic E-state index is -0.428. The van der Waals surface area contributed by atoms with E-state index < -0.39 is 5.82 Å². The van der Waals surface area contributed by atoms with E-state index in [2.05, 4.69) is 11.2 Å². The first-order valence-electron chi connectivity index (χ1n) is 4.39. The van der Waals surface area contributed by atoms with Crippen LogP contribution in [0.1, 0.15) is 5.56 Å². The van der Waals surface area contributed by atoms with Gasteiger partial charge in [-0.3, -0.25) is 4.79 Å². The molecule has 3 nitrogen and oxygen atoms in total. The Labute approximate surface area is 87.5 Å². The molecule has 1 aromatic carbocycles. The van der Waals surface area contributed by atoms with Gasteiger partial charge in [-0.25, -0.2) is 4.39 Å². The zero-order valence-electron chi connectivity index (χ0n) is 8.09. The molecule has 0 spiro atoms. The first kappa shape index (κ1) is 11.2. The van der Waals surface area contributed by atoms with Gasteiger partial charge < -0.3 is 11.1 Å². The van der Waals surface area contributed by atoms with E-state index in [9.17, 15) is 9.18 Å². The van der Waals surface area contributed by atoms with Crippen molar-refractivity contribution in [2.75, 3.05) is 11.9 Å². The first-order valence-corrected chi connectivity index (χ1v) is 4.39. The van der Waals surface area contributed by atoms with Crippen molar-refractivity contribution in [3.05, 3.63) is 29.6 Å². The standard InChI is InChI=1S/C11H11FN2O/c1-2-4-8-9(12)5-3-6-10(8)14-11(15)7-13/h1,3,5-6H,4,7,13H2,(H,14,15). The van der Waals surface area contributed by atoms with Gasteiger partial charge in [-0.1, -0.05) is 6.07 Å². The van der Waals surface area contributed by atoms with Crippen molar-refractivity contribution in [2.45, 2.75) is 6.42 Å². The largest absolute Gasteiger partial charge is 0.325 e. The lowest BCUT2D eigenvalue weighted by atomic mass is 10.1. The van der Waals surface area contributed by atoms with E-state index in [1.165, 1.54) is 12.1 Å². The van der Waals surface area contributed by atoms with Crippen LogP contribution in [0.4, 0.5) is 10.1 Å². The highest BCUT2D eigenvalue weighted by atomic mass is 19.1. The summed E-state index contributed by atoms with van der Waals surface area (Å²) in [6.07, 6.45) is 5.24. The second-order valence-electron chi connectivity index (χ2n) is 2.90. The molecule has 4 heteroatoms. The van der Waals surface area contributed by atoms with Crippen LogP contribution in [0.15, 0.2) is 18.2 Å². The molecule has 0 aromatic heterocycles. The third-order valence-electron chi connectivity index (χ3n) is 1.86. The van der Waals surface area contributed by atoms with Gasteiger partial charge in [0, 0.05) is 17.7 Å². The van der Waals surface area contributed by atoms with Gasteiger partial charge in [-0.15, -0.1) is 12.3 Å². The Morgan fingerprint density at radius 1 is 1.60 bits per heavy atom. The summed E-state index contributed by atoms with van der Waals surface area (Å²) in [6, 6.07) is 4.38. The van der Waals surface area contributed by atoms with Crippen molar-refractivity contribution in [3.8, 4) is 12.3 Å². The van der Waals surface area contributed by atoms with E-state index >= 15 is 0 Å². The minimum Gasteiger partial charge on any atom is -0.325 e. The molecule has 1 rings (SSSR count). The molecule has 1 aromatic rings. The summed E-state index contributed by atoms with van der Waals surface area (Å²) in [5.74, 6) is 1.53. The Balaban J connectivity index is 3.01. The molecule has 3 N–H and O–H groups in total. The molecule has 0 aliphatic heterocycles.